The fourth-order valence-electron chi connectivity index (χ4n) is 1.56. The van der Waals surface area contributed by atoms with Gasteiger partial charge in [-0.1, -0.05) is 11.6 Å². The van der Waals surface area contributed by atoms with E-state index < -0.39 is 20.7 Å². The van der Waals surface area contributed by atoms with Gasteiger partial charge in [0.05, 0.1) is 5.69 Å². The van der Waals surface area contributed by atoms with Crippen molar-refractivity contribution in [3.05, 3.63) is 47.0 Å². The first kappa shape index (κ1) is 14.5. The molecule has 0 radical (unpaired) electrons. The maximum absolute atomic E-state index is 13.6. The Morgan fingerprint density at radius 1 is 1.35 bits per heavy atom. The summed E-state index contributed by atoms with van der Waals surface area (Å²) in [6, 6.07) is 4.88. The van der Waals surface area contributed by atoms with Gasteiger partial charge < -0.3 is 5.73 Å². The van der Waals surface area contributed by atoms with Gasteiger partial charge in [0, 0.05) is 11.9 Å². The Balaban J connectivity index is 2.49. The van der Waals surface area contributed by atoms with E-state index in [9.17, 15) is 12.8 Å². The quantitative estimate of drug-likeness (QED) is 0.673. The number of hydrogen-bond donors (Lipinski definition) is 2. The van der Waals surface area contributed by atoms with Crippen molar-refractivity contribution < 1.29 is 12.8 Å². The van der Waals surface area contributed by atoms with E-state index >= 15 is 0 Å². The van der Waals surface area contributed by atoms with Crippen LogP contribution in [-0.4, -0.2) is 13.4 Å². The van der Waals surface area contributed by atoms with E-state index in [1.807, 2.05) is 0 Å². The van der Waals surface area contributed by atoms with Gasteiger partial charge in [0.1, 0.15) is 10.7 Å². The SMILES string of the molecule is Cc1ccnc(Cl)c1NS(=O)(=O)c1cc(N)ccc1F. The van der Waals surface area contributed by atoms with Crippen molar-refractivity contribution in [3.8, 4) is 0 Å². The topological polar surface area (TPSA) is 85.1 Å². The van der Waals surface area contributed by atoms with Crippen LogP contribution in [0.3, 0.4) is 0 Å². The van der Waals surface area contributed by atoms with E-state index in [2.05, 4.69) is 9.71 Å². The highest BCUT2D eigenvalue weighted by Gasteiger charge is 2.21. The molecule has 1 aromatic carbocycles. The van der Waals surface area contributed by atoms with Crippen molar-refractivity contribution in [2.24, 2.45) is 0 Å². The molecule has 0 spiro atoms. The van der Waals surface area contributed by atoms with Crippen molar-refractivity contribution in [1.29, 1.82) is 0 Å². The highest BCUT2D eigenvalue weighted by Crippen LogP contribution is 2.27. The van der Waals surface area contributed by atoms with Crippen molar-refractivity contribution in [2.75, 3.05) is 10.5 Å². The summed E-state index contributed by atoms with van der Waals surface area (Å²) in [5.74, 6) is -0.899. The molecule has 0 fully saturated rings. The van der Waals surface area contributed by atoms with Crippen LogP contribution >= 0.6 is 11.6 Å². The standard InChI is InChI=1S/C12H11ClFN3O2S/c1-7-4-5-16-12(13)11(7)17-20(18,19)10-6-8(15)2-3-9(10)14/h2-6,17H,15H2,1H3. The largest absolute Gasteiger partial charge is 0.399 e. The van der Waals surface area contributed by atoms with Crippen LogP contribution in [-0.2, 0) is 10.0 Å². The van der Waals surface area contributed by atoms with Crippen LogP contribution in [0.25, 0.3) is 0 Å². The maximum atomic E-state index is 13.6. The molecule has 1 aromatic heterocycles. The maximum Gasteiger partial charge on any atom is 0.265 e. The number of anilines is 2. The molecule has 0 aliphatic rings. The average Bonchev–Trinajstić information content (AvgIpc) is 2.37. The zero-order chi connectivity index (χ0) is 14.9. The number of aromatic nitrogens is 1. The van der Waals surface area contributed by atoms with E-state index in [-0.39, 0.29) is 16.5 Å². The smallest absolute Gasteiger partial charge is 0.265 e. The minimum Gasteiger partial charge on any atom is -0.399 e. The molecule has 106 valence electrons. The predicted molar refractivity (Wildman–Crippen MR) is 75.6 cm³/mol. The third kappa shape index (κ3) is 2.83. The molecule has 0 saturated heterocycles. The van der Waals surface area contributed by atoms with E-state index in [0.29, 0.717) is 5.56 Å². The highest BCUT2D eigenvalue weighted by atomic mass is 35.5. The van der Waals surface area contributed by atoms with Crippen LogP contribution in [0.1, 0.15) is 5.56 Å². The number of halogens is 2. The van der Waals surface area contributed by atoms with E-state index in [1.165, 1.54) is 12.3 Å². The molecule has 0 unspecified atom stereocenters. The summed E-state index contributed by atoms with van der Waals surface area (Å²) >= 11 is 5.84. The second kappa shape index (κ2) is 5.26. The van der Waals surface area contributed by atoms with Gasteiger partial charge in [-0.25, -0.2) is 17.8 Å². The van der Waals surface area contributed by atoms with Crippen molar-refractivity contribution in [3.63, 3.8) is 0 Å². The molecule has 8 heteroatoms. The first-order chi connectivity index (χ1) is 9.31. The number of pyridine rings is 1. The first-order valence-electron chi connectivity index (χ1n) is 5.50. The van der Waals surface area contributed by atoms with Crippen molar-refractivity contribution in [1.82, 2.24) is 4.98 Å². The summed E-state index contributed by atoms with van der Waals surface area (Å²) in [4.78, 5) is 3.23. The molecule has 0 aliphatic carbocycles. The average molecular weight is 316 g/mol. The number of nitrogens with one attached hydrogen (secondary N) is 1. The lowest BCUT2D eigenvalue weighted by Gasteiger charge is -2.12. The molecule has 5 nitrogen and oxygen atoms in total. The van der Waals surface area contributed by atoms with Crippen LogP contribution in [0.4, 0.5) is 15.8 Å². The van der Waals surface area contributed by atoms with Crippen LogP contribution in [0.2, 0.25) is 5.15 Å². The van der Waals surface area contributed by atoms with Gasteiger partial charge in [-0.05, 0) is 36.8 Å². The Labute approximate surface area is 120 Å². The normalized spacial score (nSPS) is 11.3. The van der Waals surface area contributed by atoms with E-state index in [4.69, 9.17) is 17.3 Å². The lowest BCUT2D eigenvalue weighted by Crippen LogP contribution is -2.16. The summed E-state index contributed by atoms with van der Waals surface area (Å²) in [7, 11) is -4.14. The van der Waals surface area contributed by atoms with E-state index in [0.717, 1.165) is 12.1 Å². The summed E-state index contributed by atoms with van der Waals surface area (Å²) in [5, 5.41) is -0.0158. The summed E-state index contributed by atoms with van der Waals surface area (Å²) in [5.41, 5.74) is 6.29. The molecule has 0 aliphatic heterocycles. The molecule has 2 aromatic rings. The summed E-state index contributed by atoms with van der Waals surface area (Å²) < 4.78 is 40.2. The number of hydrogen-bond acceptors (Lipinski definition) is 4. The Morgan fingerprint density at radius 3 is 2.70 bits per heavy atom. The fourth-order valence-corrected chi connectivity index (χ4v) is 3.12. The number of rotatable bonds is 3. The number of sulfonamides is 1. The van der Waals surface area contributed by atoms with Gasteiger partial charge >= 0.3 is 0 Å². The van der Waals surface area contributed by atoms with Crippen LogP contribution in [0, 0.1) is 12.7 Å². The van der Waals surface area contributed by atoms with Gasteiger partial charge in [-0.3, -0.25) is 4.72 Å². The lowest BCUT2D eigenvalue weighted by molar-refractivity contribution is 0.570. The minimum absolute atomic E-state index is 0.0158. The summed E-state index contributed by atoms with van der Waals surface area (Å²) in [6.07, 6.45) is 1.44. The molecule has 3 N–H and O–H groups in total. The number of nitrogens with zero attached hydrogens (tertiary/aromatic N) is 1. The minimum atomic E-state index is -4.14. The van der Waals surface area contributed by atoms with Gasteiger partial charge in [-0.15, -0.1) is 0 Å². The Morgan fingerprint density at radius 2 is 2.05 bits per heavy atom. The third-order valence-electron chi connectivity index (χ3n) is 2.59. The van der Waals surface area contributed by atoms with E-state index in [1.54, 1.807) is 13.0 Å². The monoisotopic (exact) mass is 315 g/mol. The van der Waals surface area contributed by atoms with Gasteiger partial charge in [0.25, 0.3) is 10.0 Å². The number of benzene rings is 1. The molecule has 0 amide bonds. The summed E-state index contributed by atoms with van der Waals surface area (Å²) in [6.45, 7) is 1.65. The van der Waals surface area contributed by atoms with Crippen LogP contribution < -0.4 is 10.5 Å². The van der Waals surface area contributed by atoms with Crippen molar-refractivity contribution in [2.45, 2.75) is 11.8 Å². The second-order valence-electron chi connectivity index (χ2n) is 4.09. The molecule has 0 bridgehead atoms. The number of aryl methyl sites for hydroxylation is 1. The Hall–Kier alpha value is -1.86. The van der Waals surface area contributed by atoms with Gasteiger partial charge in [0.2, 0.25) is 0 Å². The van der Waals surface area contributed by atoms with Crippen LogP contribution in [0.15, 0.2) is 35.4 Å². The molecule has 2 rings (SSSR count). The Kier molecular flexibility index (Phi) is 3.82. The molecular formula is C12H11ClFN3O2S. The molecule has 1 heterocycles. The zero-order valence-electron chi connectivity index (χ0n) is 10.4. The molecular weight excluding hydrogens is 305 g/mol. The molecule has 0 atom stereocenters. The zero-order valence-corrected chi connectivity index (χ0v) is 12.0. The molecule has 0 saturated carbocycles. The number of nitrogen functional groups attached to an aromatic ring is 1. The van der Waals surface area contributed by atoms with Gasteiger partial charge in [-0.2, -0.15) is 0 Å². The fraction of sp³-hybridized carbons (Fsp3) is 0.0833. The second-order valence-corrected chi connectivity index (χ2v) is 6.10. The molecule has 20 heavy (non-hydrogen) atoms. The highest BCUT2D eigenvalue weighted by molar-refractivity contribution is 7.92. The Bertz CT molecular complexity index is 745. The predicted octanol–water partition coefficient (Wildman–Crippen LogP) is 2.57. The van der Waals surface area contributed by atoms with Gasteiger partial charge in [0.15, 0.2) is 5.15 Å². The third-order valence-corrected chi connectivity index (χ3v) is 4.25. The van der Waals surface area contributed by atoms with Crippen molar-refractivity contribution >= 4 is 33.0 Å². The number of nitrogens with two attached hydrogens (primary N) is 1. The van der Waals surface area contributed by atoms with Crippen LogP contribution in [0.5, 0.6) is 0 Å². The lowest BCUT2D eigenvalue weighted by atomic mass is 10.3. The first-order valence-corrected chi connectivity index (χ1v) is 7.36.